The highest BCUT2D eigenvalue weighted by Gasteiger charge is 2.36. The molecule has 1 aromatic carbocycles. The van der Waals surface area contributed by atoms with Gasteiger partial charge < -0.3 is 39.9 Å². The van der Waals surface area contributed by atoms with Gasteiger partial charge in [-0.2, -0.15) is 15.3 Å². The highest BCUT2D eigenvalue weighted by atomic mass is 19.3. The minimum absolute atomic E-state index is 0.0169. The molecule has 4 fully saturated rings. The molecule has 2 saturated heterocycles. The average molecular weight is 918 g/mol. The number of carbonyl (C=O) groups is 1. The Labute approximate surface area is 383 Å². The molecule has 4 atom stereocenters. The maximum Gasteiger partial charge on any atom is 0.284 e. The molecular formula is C47H65F2N11O6. The summed E-state index contributed by atoms with van der Waals surface area (Å²) in [6.07, 6.45) is 9.65. The number of hydrogen-bond acceptors (Lipinski definition) is 13. The van der Waals surface area contributed by atoms with E-state index in [2.05, 4.69) is 30.7 Å². The second-order valence-corrected chi connectivity index (χ2v) is 19.1. The molecule has 0 bridgehead atoms. The van der Waals surface area contributed by atoms with Crippen LogP contribution in [0, 0.1) is 18.8 Å². The Kier molecular flexibility index (Phi) is 14.2. The van der Waals surface area contributed by atoms with Crippen molar-refractivity contribution in [2.24, 2.45) is 11.8 Å². The SMILES string of the molecule is CCCN(C[C@@H](C)O)c1ccn2ncc(C(=O)Nc3cn(C4CCC(CN5CCC(OC6CC(COc7cccc8c7c(C)nn8[C@@H]7CC[C@@H](O)N[C@@H]7O)C6)CC5)CC4)nc3C(F)F)c2n1. The molecular weight excluding hydrogens is 853 g/mol. The average Bonchev–Trinajstić information content (AvgIpc) is 4.00. The van der Waals surface area contributed by atoms with Crippen LogP contribution in [0.15, 0.2) is 42.9 Å². The van der Waals surface area contributed by atoms with Gasteiger partial charge in [0.15, 0.2) is 11.3 Å². The van der Waals surface area contributed by atoms with Crippen molar-refractivity contribution in [3.8, 4) is 5.75 Å². The van der Waals surface area contributed by atoms with Gasteiger partial charge in [0.1, 0.15) is 29.6 Å². The summed E-state index contributed by atoms with van der Waals surface area (Å²) in [7, 11) is 0. The quantitative estimate of drug-likeness (QED) is 0.0731. The summed E-state index contributed by atoms with van der Waals surface area (Å²) in [5.41, 5.74) is 1.74. The number of anilines is 2. The molecule has 19 heteroatoms. The van der Waals surface area contributed by atoms with Crippen molar-refractivity contribution < 1.29 is 38.4 Å². The number of rotatable bonds is 17. The van der Waals surface area contributed by atoms with Gasteiger partial charge in [0, 0.05) is 45.1 Å². The smallest absolute Gasteiger partial charge is 0.284 e. The normalized spacial score (nSPS) is 25.9. The van der Waals surface area contributed by atoms with Gasteiger partial charge in [-0.1, -0.05) is 13.0 Å². The molecule has 0 radical (unpaired) electrons. The van der Waals surface area contributed by atoms with E-state index in [9.17, 15) is 28.9 Å². The Bertz CT molecular complexity index is 2420. The summed E-state index contributed by atoms with van der Waals surface area (Å²) in [5, 5.41) is 50.3. The first-order valence-corrected chi connectivity index (χ1v) is 24.0. The summed E-state index contributed by atoms with van der Waals surface area (Å²) in [6, 6.07) is 7.42. The summed E-state index contributed by atoms with van der Waals surface area (Å²) in [6.45, 7) is 10.4. The van der Waals surface area contributed by atoms with Crippen LogP contribution < -0.4 is 20.3 Å². The number of fused-ring (bicyclic) bond motifs is 2. The van der Waals surface area contributed by atoms with E-state index < -0.39 is 36.6 Å². The number of halogens is 2. The molecule has 1 amide bonds. The number of amides is 1. The van der Waals surface area contributed by atoms with Crippen LogP contribution in [0.4, 0.5) is 20.3 Å². The molecule has 4 aromatic heterocycles. The number of ether oxygens (including phenoxy) is 2. The first-order chi connectivity index (χ1) is 31.9. The third-order valence-corrected chi connectivity index (χ3v) is 14.1. The fourth-order valence-electron chi connectivity index (χ4n) is 10.6. The highest BCUT2D eigenvalue weighted by molar-refractivity contribution is 6.08. The van der Waals surface area contributed by atoms with E-state index in [0.717, 1.165) is 99.8 Å². The monoisotopic (exact) mass is 918 g/mol. The van der Waals surface area contributed by atoms with E-state index in [1.807, 2.05) is 41.6 Å². The number of aryl methyl sites for hydroxylation is 1. The fraction of sp³-hybridized carbons (Fsp3) is 0.638. The zero-order valence-electron chi connectivity index (χ0n) is 38.2. The number of hydrogen-bond donors (Lipinski definition) is 5. The third kappa shape index (κ3) is 10.2. The molecule has 5 N–H and O–H groups in total. The van der Waals surface area contributed by atoms with E-state index in [4.69, 9.17) is 14.6 Å². The van der Waals surface area contributed by atoms with Crippen molar-refractivity contribution in [2.45, 2.75) is 141 Å². The molecule has 4 aliphatic rings. The number of carbonyl (C=O) groups excluding carboxylic acids is 1. The summed E-state index contributed by atoms with van der Waals surface area (Å²) in [4.78, 5) is 22.7. The molecule has 5 aromatic rings. The van der Waals surface area contributed by atoms with Gasteiger partial charge in [0.05, 0.1) is 65.5 Å². The number of alkyl halides is 2. The van der Waals surface area contributed by atoms with Crippen LogP contribution in [0.25, 0.3) is 16.6 Å². The van der Waals surface area contributed by atoms with Crippen molar-refractivity contribution in [3.63, 3.8) is 0 Å². The Morgan fingerprint density at radius 2 is 1.80 bits per heavy atom. The van der Waals surface area contributed by atoms with Gasteiger partial charge in [-0.25, -0.2) is 18.3 Å². The Morgan fingerprint density at radius 1 is 1.02 bits per heavy atom. The van der Waals surface area contributed by atoms with Crippen LogP contribution in [0.1, 0.15) is 125 Å². The second-order valence-electron chi connectivity index (χ2n) is 19.1. The number of aliphatic hydroxyl groups is 3. The zero-order valence-corrected chi connectivity index (χ0v) is 38.2. The lowest BCUT2D eigenvalue weighted by molar-refractivity contribution is -0.100. The summed E-state index contributed by atoms with van der Waals surface area (Å²) >= 11 is 0. The fourth-order valence-corrected chi connectivity index (χ4v) is 10.6. The lowest BCUT2D eigenvalue weighted by atomic mass is 9.82. The van der Waals surface area contributed by atoms with Gasteiger partial charge in [-0.15, -0.1) is 0 Å². The van der Waals surface area contributed by atoms with E-state index in [-0.39, 0.29) is 35.5 Å². The van der Waals surface area contributed by atoms with Crippen molar-refractivity contribution in [2.75, 3.05) is 49.5 Å². The van der Waals surface area contributed by atoms with Crippen LogP contribution >= 0.6 is 0 Å². The summed E-state index contributed by atoms with van der Waals surface area (Å²) < 4.78 is 46.6. The second kappa shape index (κ2) is 20.2. The number of piperidine rings is 2. The van der Waals surface area contributed by atoms with Crippen molar-refractivity contribution >= 4 is 34.0 Å². The number of benzene rings is 1. The van der Waals surface area contributed by atoms with Gasteiger partial charge in [0.25, 0.3) is 12.3 Å². The number of nitrogens with zero attached hydrogens (tertiary/aromatic N) is 9. The molecule has 358 valence electrons. The van der Waals surface area contributed by atoms with Crippen molar-refractivity contribution in [1.82, 2.24) is 44.4 Å². The molecule has 9 rings (SSSR count). The van der Waals surface area contributed by atoms with E-state index >= 15 is 0 Å². The Balaban J connectivity index is 0.708. The number of likely N-dealkylation sites (tertiary alicyclic amines) is 1. The first kappa shape index (κ1) is 46.3. The topological polar surface area (TPSA) is 193 Å². The van der Waals surface area contributed by atoms with E-state index in [1.54, 1.807) is 23.9 Å². The molecule has 2 saturated carbocycles. The lowest BCUT2D eigenvalue weighted by Crippen LogP contribution is -2.48. The molecule has 0 unspecified atom stereocenters. The zero-order chi connectivity index (χ0) is 46.1. The van der Waals surface area contributed by atoms with Crippen LogP contribution in [-0.4, -0.2) is 130 Å². The maximum absolute atomic E-state index is 14.3. The molecule has 17 nitrogen and oxygen atoms in total. The van der Waals surface area contributed by atoms with E-state index in [1.165, 1.54) is 16.9 Å². The van der Waals surface area contributed by atoms with E-state index in [0.29, 0.717) is 55.8 Å². The molecule has 2 aliphatic heterocycles. The van der Waals surface area contributed by atoms with Crippen LogP contribution in [0.2, 0.25) is 0 Å². The lowest BCUT2D eigenvalue weighted by Gasteiger charge is -2.41. The molecule has 6 heterocycles. The van der Waals surface area contributed by atoms with Gasteiger partial charge in [0.2, 0.25) is 0 Å². The minimum Gasteiger partial charge on any atom is -0.493 e. The maximum atomic E-state index is 14.3. The predicted octanol–water partition coefficient (Wildman–Crippen LogP) is 6.00. The van der Waals surface area contributed by atoms with Crippen molar-refractivity contribution in [1.29, 1.82) is 0 Å². The van der Waals surface area contributed by atoms with Gasteiger partial charge >= 0.3 is 0 Å². The largest absolute Gasteiger partial charge is 0.493 e. The highest BCUT2D eigenvalue weighted by Crippen LogP contribution is 2.38. The summed E-state index contributed by atoms with van der Waals surface area (Å²) in [5.74, 6) is 1.74. The minimum atomic E-state index is -2.87. The Morgan fingerprint density at radius 3 is 2.53 bits per heavy atom. The number of aromatic nitrogens is 7. The van der Waals surface area contributed by atoms with Crippen LogP contribution in [0.5, 0.6) is 5.75 Å². The molecule has 2 aliphatic carbocycles. The molecule has 0 spiro atoms. The number of aliphatic hydroxyl groups excluding tert-OH is 3. The van der Waals surface area contributed by atoms with Gasteiger partial charge in [-0.3, -0.25) is 19.5 Å². The van der Waals surface area contributed by atoms with Gasteiger partial charge in [-0.05, 0) is 115 Å². The third-order valence-electron chi connectivity index (χ3n) is 14.1. The molecule has 66 heavy (non-hydrogen) atoms. The standard InChI is InChI=1S/C47H65F2N11O6/c1-4-17-57(24-28(2)61)40-16-20-58-45(52-40)35(23-50-58)46(63)51-36-26-59(55-43(36)44(48)49)32-10-8-30(9-11-32)25-56-18-14-33(15-19-56)66-34-21-31(22-34)27-65-39-7-5-6-37-42(39)29(3)54-60(37)38-12-13-41(62)53-47(38)64/h5-7,16,20,23,26,28,30-34,38,41,44,47,53,61-62,64H,4,8-15,17-19,21-22,24-25,27H2,1-3H3,(H,51,63)/t28-,30?,31?,32?,34?,38-,41-,47-/m1/s1. The number of nitrogens with one attached hydrogen (secondary N) is 2. The van der Waals surface area contributed by atoms with Crippen LogP contribution in [0.3, 0.4) is 0 Å². The van der Waals surface area contributed by atoms with Crippen LogP contribution in [-0.2, 0) is 4.74 Å². The first-order valence-electron chi connectivity index (χ1n) is 24.0. The van der Waals surface area contributed by atoms with Crippen molar-refractivity contribution in [3.05, 3.63) is 59.8 Å². The Hall–Kier alpha value is -4.79. The predicted molar refractivity (Wildman–Crippen MR) is 244 cm³/mol.